The van der Waals surface area contributed by atoms with Gasteiger partial charge in [-0.3, -0.25) is 19.9 Å². The lowest BCUT2D eigenvalue weighted by atomic mass is 9.72. The molecular weight excluding hydrogens is 703 g/mol. The van der Waals surface area contributed by atoms with Gasteiger partial charge in [0.05, 0.1) is 30.5 Å². The summed E-state index contributed by atoms with van der Waals surface area (Å²) in [5, 5.41) is 38.1. The number of hydrogen-bond acceptors (Lipinski definition) is 14. The van der Waals surface area contributed by atoms with Crippen LogP contribution < -0.4 is 24.3 Å². The van der Waals surface area contributed by atoms with E-state index in [1.54, 1.807) is 12.1 Å². The largest absolute Gasteiger partial charge is 0.507 e. The summed E-state index contributed by atoms with van der Waals surface area (Å²) < 4.78 is 30.2. The standard InChI is InChI=1S/C39H43N3O10S/c1-16-9-21-10-23-37(46)42-24-13-49-38(47)39(22-12-26(48-6)25(44)11-20(22)7-8-40-39)14-53-36(31(42)30(41(23)5)27(21)32(45)17(16)2)29-28(24)35-34(50-15-51-35)18(3)33(29)52-19(4)43/h9,11-12,23-24,30-31,36-37,40,44-46H,7-8,10,13-15H2,1-6H3/t23-,24-,30+,31+,36+,37-,39+/m0/s1. The summed E-state index contributed by atoms with van der Waals surface area (Å²) in [5.74, 6) is 0.885. The molecule has 0 amide bonds. The quantitative estimate of drug-likeness (QED) is 0.222. The molecule has 7 heterocycles. The molecule has 0 unspecified atom stereocenters. The molecule has 7 atom stereocenters. The monoisotopic (exact) mass is 745 g/mol. The van der Waals surface area contributed by atoms with Gasteiger partial charge in [0.15, 0.2) is 28.5 Å². The summed E-state index contributed by atoms with van der Waals surface area (Å²) in [7, 11) is 3.46. The van der Waals surface area contributed by atoms with Gasteiger partial charge in [-0.15, -0.1) is 11.8 Å². The molecule has 2 saturated heterocycles. The number of thioether (sulfide) groups is 1. The maximum absolute atomic E-state index is 14.7. The van der Waals surface area contributed by atoms with E-state index >= 15 is 0 Å². The third-order valence-electron chi connectivity index (χ3n) is 12.4. The Morgan fingerprint density at radius 1 is 1.04 bits per heavy atom. The molecule has 13 nitrogen and oxygen atoms in total. The van der Waals surface area contributed by atoms with Crippen molar-refractivity contribution >= 4 is 23.7 Å². The van der Waals surface area contributed by atoms with E-state index in [2.05, 4.69) is 16.3 Å². The van der Waals surface area contributed by atoms with E-state index in [0.29, 0.717) is 58.9 Å². The van der Waals surface area contributed by atoms with Crippen molar-refractivity contribution in [1.29, 1.82) is 0 Å². The molecule has 4 N–H and O–H groups in total. The van der Waals surface area contributed by atoms with E-state index in [1.165, 1.54) is 25.8 Å². The zero-order valence-electron chi connectivity index (χ0n) is 30.4. The van der Waals surface area contributed by atoms with Gasteiger partial charge in [-0.1, -0.05) is 6.07 Å². The van der Waals surface area contributed by atoms with Gasteiger partial charge in [0.25, 0.3) is 0 Å². The molecule has 14 heteroatoms. The van der Waals surface area contributed by atoms with E-state index < -0.39 is 47.1 Å². The molecule has 280 valence electrons. The fourth-order valence-electron chi connectivity index (χ4n) is 9.86. The molecule has 53 heavy (non-hydrogen) atoms. The predicted octanol–water partition coefficient (Wildman–Crippen LogP) is 3.71. The fraction of sp³-hybridized carbons (Fsp3) is 0.487. The van der Waals surface area contributed by atoms with Crippen LogP contribution in [-0.4, -0.2) is 95.2 Å². The number of phenols is 2. The first-order chi connectivity index (χ1) is 25.4. The summed E-state index contributed by atoms with van der Waals surface area (Å²) in [6.07, 6.45) is 0.0667. The Bertz CT molecular complexity index is 2110. The van der Waals surface area contributed by atoms with Crippen molar-refractivity contribution in [3.8, 4) is 34.5 Å². The summed E-state index contributed by atoms with van der Waals surface area (Å²) in [6, 6.07) is 3.45. The van der Waals surface area contributed by atoms with Crippen LogP contribution in [0.4, 0.5) is 0 Å². The van der Waals surface area contributed by atoms with E-state index in [4.69, 9.17) is 23.7 Å². The lowest BCUT2D eigenvalue weighted by Gasteiger charge is -2.62. The van der Waals surface area contributed by atoms with Crippen molar-refractivity contribution in [2.24, 2.45) is 0 Å². The lowest BCUT2D eigenvalue weighted by Crippen LogP contribution is -2.70. The van der Waals surface area contributed by atoms with Crippen molar-refractivity contribution in [3.63, 3.8) is 0 Å². The van der Waals surface area contributed by atoms with E-state index in [1.807, 2.05) is 32.7 Å². The number of rotatable bonds is 2. The molecule has 3 aromatic rings. The highest BCUT2D eigenvalue weighted by molar-refractivity contribution is 7.99. The van der Waals surface area contributed by atoms with Crippen LogP contribution in [-0.2, 0) is 32.7 Å². The first-order valence-corrected chi connectivity index (χ1v) is 19.0. The predicted molar refractivity (Wildman–Crippen MR) is 193 cm³/mol. The zero-order chi connectivity index (χ0) is 37.2. The number of ether oxygens (including phenoxy) is 5. The third kappa shape index (κ3) is 4.71. The summed E-state index contributed by atoms with van der Waals surface area (Å²) >= 11 is 1.49. The number of hydrogen-bond donors (Lipinski definition) is 4. The first kappa shape index (κ1) is 34.6. The highest BCUT2D eigenvalue weighted by Crippen LogP contribution is 2.64. The first-order valence-electron chi connectivity index (χ1n) is 18.0. The summed E-state index contributed by atoms with van der Waals surface area (Å²) in [4.78, 5) is 31.7. The van der Waals surface area contributed by atoms with Crippen molar-refractivity contribution < 1.29 is 48.6 Å². The minimum atomic E-state index is -1.34. The van der Waals surface area contributed by atoms with Gasteiger partial charge in [-0.05, 0) is 80.6 Å². The van der Waals surface area contributed by atoms with Crippen LogP contribution in [0.3, 0.4) is 0 Å². The van der Waals surface area contributed by atoms with Crippen LogP contribution in [0.2, 0.25) is 0 Å². The molecule has 2 fully saturated rings. The van der Waals surface area contributed by atoms with Crippen LogP contribution in [0.15, 0.2) is 18.2 Å². The molecule has 0 radical (unpaired) electrons. The Morgan fingerprint density at radius 3 is 2.57 bits per heavy atom. The Hall–Kier alpha value is -4.21. The number of aromatic hydroxyl groups is 2. The van der Waals surface area contributed by atoms with E-state index in [0.717, 1.165) is 27.8 Å². The minimum Gasteiger partial charge on any atom is -0.507 e. The molecule has 7 aliphatic heterocycles. The van der Waals surface area contributed by atoms with Crippen LogP contribution in [0.5, 0.6) is 34.5 Å². The van der Waals surface area contributed by atoms with Gasteiger partial charge in [-0.25, -0.2) is 4.79 Å². The van der Waals surface area contributed by atoms with Crippen molar-refractivity contribution in [2.45, 2.75) is 81.7 Å². The summed E-state index contributed by atoms with van der Waals surface area (Å²) in [5.41, 5.74) is 5.63. The zero-order valence-corrected chi connectivity index (χ0v) is 31.3. The highest BCUT2D eigenvalue weighted by Gasteiger charge is 2.61. The second kappa shape index (κ2) is 12.2. The molecule has 4 bridgehead atoms. The maximum atomic E-state index is 14.7. The van der Waals surface area contributed by atoms with Crippen LogP contribution in [0, 0.1) is 20.8 Å². The number of carbonyl (C=O) groups excluding carboxylic acids is 2. The number of piperazine rings is 1. The smallest absolute Gasteiger partial charge is 0.331 e. The fourth-order valence-corrected chi connectivity index (χ4v) is 11.6. The van der Waals surface area contributed by atoms with Crippen LogP contribution in [0.25, 0.3) is 0 Å². The topological polar surface area (TPSA) is 159 Å². The number of fused-ring (bicyclic) bond motifs is 9. The second-order valence-electron chi connectivity index (χ2n) is 15.0. The van der Waals surface area contributed by atoms with Gasteiger partial charge in [-0.2, -0.15) is 0 Å². The Morgan fingerprint density at radius 2 is 1.81 bits per heavy atom. The maximum Gasteiger partial charge on any atom is 0.331 e. The number of methoxy groups -OCH3 is 1. The minimum absolute atomic E-state index is 0.0135. The second-order valence-corrected chi connectivity index (χ2v) is 16.2. The Balaban J connectivity index is 1.32. The van der Waals surface area contributed by atoms with Gasteiger partial charge >= 0.3 is 11.9 Å². The molecule has 0 aliphatic carbocycles. The average molecular weight is 746 g/mol. The number of esters is 2. The number of aryl methyl sites for hydroxylation is 1. The lowest BCUT2D eigenvalue weighted by molar-refractivity contribution is -0.186. The Kier molecular flexibility index (Phi) is 7.92. The van der Waals surface area contributed by atoms with Crippen molar-refractivity contribution in [1.82, 2.24) is 15.1 Å². The molecular formula is C39H43N3O10S. The van der Waals surface area contributed by atoms with Gasteiger partial charge in [0, 0.05) is 47.5 Å². The number of benzene rings is 3. The van der Waals surface area contributed by atoms with Crippen LogP contribution >= 0.6 is 11.8 Å². The normalized spacial score (nSPS) is 29.8. The number of aliphatic hydroxyl groups is 1. The molecule has 3 aromatic carbocycles. The highest BCUT2D eigenvalue weighted by atomic mass is 32.2. The van der Waals surface area contributed by atoms with Gasteiger partial charge in [0.1, 0.15) is 24.3 Å². The number of nitrogens with zero attached hydrogens (tertiary/aromatic N) is 2. The molecule has 7 aliphatic rings. The number of aliphatic hydroxyl groups excluding tert-OH is 1. The van der Waals surface area contributed by atoms with Crippen LogP contribution in [0.1, 0.15) is 74.3 Å². The molecule has 0 saturated carbocycles. The summed E-state index contributed by atoms with van der Waals surface area (Å²) in [6.45, 7) is 7.34. The van der Waals surface area contributed by atoms with Crippen molar-refractivity contribution in [2.75, 3.05) is 39.9 Å². The number of phenolic OH excluding ortho intramolecular Hbond substituents is 2. The molecule has 1 spiro atoms. The van der Waals surface area contributed by atoms with Gasteiger partial charge < -0.3 is 39.0 Å². The molecule has 10 rings (SSSR count). The Labute approximate surface area is 311 Å². The van der Waals surface area contributed by atoms with Crippen molar-refractivity contribution in [3.05, 3.63) is 68.3 Å². The van der Waals surface area contributed by atoms with E-state index in [-0.39, 0.29) is 42.4 Å². The van der Waals surface area contributed by atoms with Gasteiger partial charge in [0.2, 0.25) is 6.79 Å². The average Bonchev–Trinajstić information content (AvgIpc) is 3.62. The number of likely N-dealkylation sites (N-methyl/N-ethyl adjacent to an activating group) is 1. The molecule has 0 aromatic heterocycles. The number of carbonyl (C=O) groups is 2. The van der Waals surface area contributed by atoms with E-state index in [9.17, 15) is 24.9 Å². The SMILES string of the molecule is COc1cc2c(cc1O)CCN[C@]21CS[C@@H]2c3c(OC(C)=O)c(C)c4c(c3[C@H](COC1=O)N1[C@@H]2[C@H]2c3c(cc(C)c(C)c3O)C[C@@H]([C@@H]1O)N2C)OCO4. The number of nitrogens with one attached hydrogen (secondary N) is 1. The third-order valence-corrected chi connectivity index (χ3v) is 13.9.